The summed E-state index contributed by atoms with van der Waals surface area (Å²) in [6.07, 6.45) is 1.63. The molecule has 6 nitrogen and oxygen atoms in total. The van der Waals surface area contributed by atoms with Crippen LogP contribution in [0.3, 0.4) is 0 Å². The van der Waals surface area contributed by atoms with Crippen LogP contribution in [0, 0.1) is 0 Å². The molecule has 3 aromatic carbocycles. The number of hydrogen-bond donors (Lipinski definition) is 0. The molecule has 1 amide bonds. The molecule has 1 aliphatic heterocycles. The molecule has 4 aromatic rings. The van der Waals surface area contributed by atoms with Gasteiger partial charge < -0.3 is 18.8 Å². The van der Waals surface area contributed by atoms with Crippen LogP contribution >= 0.6 is 23.2 Å². The zero-order valence-electron chi connectivity index (χ0n) is 19.3. The smallest absolute Gasteiger partial charge is 0.291 e. The molecular weight excluding hydrogens is 501 g/mol. The average Bonchev–Trinajstić information content (AvgIpc) is 3.16. The van der Waals surface area contributed by atoms with Crippen molar-refractivity contribution in [1.29, 1.82) is 0 Å². The van der Waals surface area contributed by atoms with Crippen molar-refractivity contribution in [3.8, 4) is 11.5 Å². The van der Waals surface area contributed by atoms with Crippen LogP contribution in [-0.2, 0) is 6.54 Å². The molecule has 2 heterocycles. The van der Waals surface area contributed by atoms with Crippen LogP contribution in [0.25, 0.3) is 11.0 Å². The van der Waals surface area contributed by atoms with Crippen LogP contribution in [0.15, 0.2) is 82.5 Å². The molecule has 36 heavy (non-hydrogen) atoms. The maximum Gasteiger partial charge on any atom is 0.291 e. The van der Waals surface area contributed by atoms with Gasteiger partial charge in [-0.05, 0) is 47.5 Å². The number of halogens is 2. The molecule has 1 atom stereocenters. The van der Waals surface area contributed by atoms with E-state index in [0.717, 1.165) is 5.56 Å². The topological polar surface area (TPSA) is 69.0 Å². The van der Waals surface area contributed by atoms with Gasteiger partial charge >= 0.3 is 0 Å². The molecule has 182 valence electrons. The van der Waals surface area contributed by atoms with Gasteiger partial charge in [0.15, 0.2) is 16.9 Å². The molecule has 1 unspecified atom stereocenters. The second-order valence-electron chi connectivity index (χ2n) is 8.25. The van der Waals surface area contributed by atoms with E-state index in [9.17, 15) is 9.59 Å². The Morgan fingerprint density at radius 2 is 1.86 bits per heavy atom. The lowest BCUT2D eigenvalue weighted by molar-refractivity contribution is 0.0714. The number of carbonyl (C=O) groups excluding carboxylic acids is 1. The predicted octanol–water partition coefficient (Wildman–Crippen LogP) is 6.42. The number of ether oxygens (including phenoxy) is 2. The second kappa shape index (κ2) is 9.72. The van der Waals surface area contributed by atoms with Crippen LogP contribution in [0.5, 0.6) is 11.5 Å². The van der Waals surface area contributed by atoms with Gasteiger partial charge in [-0.2, -0.15) is 0 Å². The van der Waals surface area contributed by atoms with Crippen molar-refractivity contribution in [3.05, 3.63) is 116 Å². The van der Waals surface area contributed by atoms with E-state index < -0.39 is 11.9 Å². The van der Waals surface area contributed by atoms with Gasteiger partial charge in [0, 0.05) is 16.6 Å². The van der Waals surface area contributed by atoms with Crippen LogP contribution in [-0.4, -0.2) is 24.5 Å². The van der Waals surface area contributed by atoms with Crippen molar-refractivity contribution < 1.29 is 18.7 Å². The lowest BCUT2D eigenvalue weighted by Gasteiger charge is -2.26. The largest absolute Gasteiger partial charge is 0.493 e. The first kappa shape index (κ1) is 24.0. The lowest BCUT2D eigenvalue weighted by Crippen LogP contribution is -2.29. The summed E-state index contributed by atoms with van der Waals surface area (Å²) in [6.45, 7) is 4.14. The Balaban J connectivity index is 1.71. The summed E-state index contributed by atoms with van der Waals surface area (Å²) < 4.78 is 17.2. The summed E-state index contributed by atoms with van der Waals surface area (Å²) in [4.78, 5) is 29.0. The monoisotopic (exact) mass is 521 g/mol. The summed E-state index contributed by atoms with van der Waals surface area (Å²) in [5.41, 5.74) is 1.61. The van der Waals surface area contributed by atoms with Crippen molar-refractivity contribution in [2.24, 2.45) is 0 Å². The molecule has 8 heteroatoms. The number of rotatable bonds is 7. The van der Waals surface area contributed by atoms with Crippen molar-refractivity contribution >= 4 is 40.1 Å². The molecule has 0 saturated heterocycles. The third-order valence-corrected chi connectivity index (χ3v) is 6.69. The Bertz CT molecular complexity index is 1560. The van der Waals surface area contributed by atoms with Crippen molar-refractivity contribution in [2.75, 3.05) is 13.7 Å². The fraction of sp³-hybridized carbons (Fsp3) is 0.143. The summed E-state index contributed by atoms with van der Waals surface area (Å²) in [7, 11) is 1.53. The maximum atomic E-state index is 13.7. The zero-order valence-corrected chi connectivity index (χ0v) is 20.8. The molecule has 1 aromatic heterocycles. The predicted molar refractivity (Wildman–Crippen MR) is 139 cm³/mol. The Kier molecular flexibility index (Phi) is 6.48. The number of amides is 1. The van der Waals surface area contributed by atoms with Gasteiger partial charge in [0.2, 0.25) is 5.76 Å². The highest BCUT2D eigenvalue weighted by Gasteiger charge is 2.43. The highest BCUT2D eigenvalue weighted by Crippen LogP contribution is 2.42. The van der Waals surface area contributed by atoms with Gasteiger partial charge in [-0.15, -0.1) is 0 Å². The SMILES string of the molecule is C=CCOc1ccc(C2c3c(oc4ccc(Cl)cc4c3=O)C(=O)N2Cc2ccccc2Cl)cc1OC. The number of nitrogens with zero attached hydrogens (tertiary/aromatic N) is 1. The Morgan fingerprint density at radius 1 is 1.06 bits per heavy atom. The van der Waals surface area contributed by atoms with E-state index in [-0.39, 0.29) is 23.3 Å². The van der Waals surface area contributed by atoms with E-state index >= 15 is 0 Å². The first-order valence-electron chi connectivity index (χ1n) is 11.1. The molecule has 0 N–H and O–H groups in total. The van der Waals surface area contributed by atoms with Crippen molar-refractivity contribution in [2.45, 2.75) is 12.6 Å². The molecule has 0 saturated carbocycles. The first-order valence-corrected chi connectivity index (χ1v) is 11.9. The van der Waals surface area contributed by atoms with E-state index in [4.69, 9.17) is 37.1 Å². The fourth-order valence-electron chi connectivity index (χ4n) is 4.43. The third kappa shape index (κ3) is 4.12. The summed E-state index contributed by atoms with van der Waals surface area (Å²) in [5, 5.41) is 1.22. The van der Waals surface area contributed by atoms with Crippen LogP contribution in [0.4, 0.5) is 0 Å². The summed E-state index contributed by atoms with van der Waals surface area (Å²) >= 11 is 12.6. The van der Waals surface area contributed by atoms with Crippen LogP contribution in [0.2, 0.25) is 10.0 Å². The molecule has 0 bridgehead atoms. The molecule has 5 rings (SSSR count). The third-order valence-electron chi connectivity index (χ3n) is 6.09. The van der Waals surface area contributed by atoms with Crippen LogP contribution in [0.1, 0.15) is 33.3 Å². The normalized spacial score (nSPS) is 14.7. The van der Waals surface area contributed by atoms with E-state index in [0.29, 0.717) is 44.7 Å². The highest BCUT2D eigenvalue weighted by molar-refractivity contribution is 6.31. The van der Waals surface area contributed by atoms with E-state index in [1.165, 1.54) is 7.11 Å². The minimum absolute atomic E-state index is 0.00201. The van der Waals surface area contributed by atoms with Gasteiger partial charge in [-0.3, -0.25) is 9.59 Å². The fourth-order valence-corrected chi connectivity index (χ4v) is 4.80. The molecule has 0 radical (unpaired) electrons. The van der Waals surface area contributed by atoms with Gasteiger partial charge in [-0.25, -0.2) is 0 Å². The van der Waals surface area contributed by atoms with Gasteiger partial charge in [-0.1, -0.05) is 60.1 Å². The van der Waals surface area contributed by atoms with Gasteiger partial charge in [0.1, 0.15) is 12.2 Å². The number of methoxy groups -OCH3 is 1. The standard InChI is InChI=1S/C28H21Cl2NO5/c1-3-12-35-22-10-8-16(13-23(22)34-2)25-24-26(32)19-14-18(29)9-11-21(19)36-27(24)28(33)31(25)15-17-6-4-5-7-20(17)30/h3-11,13-14,25H,1,12,15H2,2H3. The summed E-state index contributed by atoms with van der Waals surface area (Å²) in [5.74, 6) is 0.564. The second-order valence-corrected chi connectivity index (χ2v) is 9.10. The summed E-state index contributed by atoms with van der Waals surface area (Å²) in [6, 6.07) is 16.6. The minimum Gasteiger partial charge on any atom is -0.493 e. The van der Waals surface area contributed by atoms with Gasteiger partial charge in [0.05, 0.1) is 24.1 Å². The minimum atomic E-state index is -0.745. The van der Waals surface area contributed by atoms with Crippen molar-refractivity contribution in [3.63, 3.8) is 0 Å². The Hall–Kier alpha value is -3.74. The van der Waals surface area contributed by atoms with Crippen LogP contribution < -0.4 is 14.9 Å². The van der Waals surface area contributed by atoms with E-state index in [1.54, 1.807) is 53.4 Å². The van der Waals surface area contributed by atoms with E-state index in [1.807, 2.05) is 18.2 Å². The highest BCUT2D eigenvalue weighted by atomic mass is 35.5. The molecule has 0 spiro atoms. The molecule has 0 aliphatic carbocycles. The maximum absolute atomic E-state index is 13.7. The number of carbonyl (C=O) groups is 1. The quantitative estimate of drug-likeness (QED) is 0.262. The molecule has 1 aliphatic rings. The lowest BCUT2D eigenvalue weighted by atomic mass is 9.97. The first-order chi connectivity index (χ1) is 17.4. The molecular formula is C28H21Cl2NO5. The van der Waals surface area contributed by atoms with Gasteiger partial charge in [0.25, 0.3) is 5.91 Å². The molecule has 0 fully saturated rings. The van der Waals surface area contributed by atoms with Crippen molar-refractivity contribution in [1.82, 2.24) is 4.90 Å². The number of benzene rings is 3. The van der Waals surface area contributed by atoms with E-state index in [2.05, 4.69) is 6.58 Å². The number of fused-ring (bicyclic) bond motifs is 2. The zero-order chi connectivity index (χ0) is 25.4. The Morgan fingerprint density at radius 3 is 2.61 bits per heavy atom. The Labute approximate surface area is 217 Å². The number of hydrogen-bond acceptors (Lipinski definition) is 5. The average molecular weight is 522 g/mol.